The van der Waals surface area contributed by atoms with Gasteiger partial charge in [0.2, 0.25) is 5.91 Å². The van der Waals surface area contributed by atoms with E-state index in [0.29, 0.717) is 13.2 Å². The summed E-state index contributed by atoms with van der Waals surface area (Å²) in [6.45, 7) is 5.89. The van der Waals surface area contributed by atoms with Crippen LogP contribution in [-0.2, 0) is 14.3 Å². The number of unbranched alkanes of at least 4 members (excludes halogenated alkanes) is 26. The third kappa shape index (κ3) is 33.5. The summed E-state index contributed by atoms with van der Waals surface area (Å²) in [6, 6.07) is 0. The van der Waals surface area contributed by atoms with E-state index in [-0.39, 0.29) is 12.3 Å². The SMILES string of the molecule is CCCCCCCCCCCCCCCCOC(CC(N)=O)OCCCCCCCCCCCCCCCC. The Morgan fingerprint density at radius 2 is 0.667 bits per heavy atom. The second kappa shape index (κ2) is 33.6. The number of amides is 1. The molecule has 2 N–H and O–H groups in total. The molecule has 0 aromatic rings. The van der Waals surface area contributed by atoms with Crippen molar-refractivity contribution in [1.82, 2.24) is 0 Å². The lowest BCUT2D eigenvalue weighted by molar-refractivity contribution is -0.156. The highest BCUT2D eigenvalue weighted by Crippen LogP contribution is 2.15. The fourth-order valence-corrected chi connectivity index (χ4v) is 5.35. The Balaban J connectivity index is 3.48. The quantitative estimate of drug-likeness (QED) is 0.0636. The Hall–Kier alpha value is -0.610. The van der Waals surface area contributed by atoms with Gasteiger partial charge in [-0.3, -0.25) is 4.79 Å². The molecule has 0 rings (SSSR count). The van der Waals surface area contributed by atoms with E-state index in [9.17, 15) is 4.79 Å². The molecule has 0 fully saturated rings. The fraction of sp³-hybridized carbons (Fsp3) is 0.971. The first-order valence-corrected chi connectivity index (χ1v) is 17.7. The van der Waals surface area contributed by atoms with Crippen molar-refractivity contribution in [3.63, 3.8) is 0 Å². The van der Waals surface area contributed by atoms with Gasteiger partial charge in [0.05, 0.1) is 6.42 Å². The van der Waals surface area contributed by atoms with Crippen LogP contribution in [0.2, 0.25) is 0 Å². The van der Waals surface area contributed by atoms with Crippen molar-refractivity contribution in [2.75, 3.05) is 13.2 Å². The maximum atomic E-state index is 11.4. The van der Waals surface area contributed by atoms with Crippen LogP contribution in [0.1, 0.15) is 200 Å². The molecule has 0 radical (unpaired) electrons. The second-order valence-electron chi connectivity index (χ2n) is 12.0. The van der Waals surface area contributed by atoms with Gasteiger partial charge in [-0.25, -0.2) is 0 Å². The molecule has 0 aromatic carbocycles. The number of ether oxygens (including phenoxy) is 2. The Morgan fingerprint density at radius 1 is 0.436 bits per heavy atom. The molecule has 234 valence electrons. The molecule has 0 unspecified atom stereocenters. The predicted octanol–water partition coefficient (Wildman–Crippen LogP) is 11.2. The third-order valence-corrected chi connectivity index (χ3v) is 7.97. The molecule has 39 heavy (non-hydrogen) atoms. The average molecular weight is 554 g/mol. The van der Waals surface area contributed by atoms with Crippen LogP contribution >= 0.6 is 0 Å². The Labute approximate surface area is 245 Å². The van der Waals surface area contributed by atoms with E-state index in [2.05, 4.69) is 13.8 Å². The van der Waals surface area contributed by atoms with Gasteiger partial charge in [-0.05, 0) is 12.8 Å². The molecule has 0 aliphatic heterocycles. The van der Waals surface area contributed by atoms with Gasteiger partial charge in [-0.1, -0.05) is 181 Å². The highest BCUT2D eigenvalue weighted by Gasteiger charge is 2.12. The molecule has 0 aromatic heterocycles. The standard InChI is InChI=1S/C35H71NO3/c1-3-5-7-9-11-13-15-17-19-21-23-25-27-29-31-38-35(33-34(36)37)39-32-30-28-26-24-22-20-18-16-14-12-10-8-6-4-2/h35H,3-33H2,1-2H3,(H2,36,37). The van der Waals surface area contributed by atoms with Gasteiger partial charge in [-0.15, -0.1) is 0 Å². The minimum Gasteiger partial charge on any atom is -0.370 e. The molecule has 1 amide bonds. The molecule has 0 atom stereocenters. The zero-order chi connectivity index (χ0) is 28.5. The molecule has 0 aliphatic rings. The van der Waals surface area contributed by atoms with Crippen molar-refractivity contribution in [2.24, 2.45) is 5.73 Å². The minimum atomic E-state index is -0.466. The zero-order valence-corrected chi connectivity index (χ0v) is 26.8. The van der Waals surface area contributed by atoms with Gasteiger partial charge < -0.3 is 15.2 Å². The van der Waals surface area contributed by atoms with E-state index in [1.165, 1.54) is 167 Å². The summed E-state index contributed by atoms with van der Waals surface area (Å²) >= 11 is 0. The smallest absolute Gasteiger partial charge is 0.222 e. The van der Waals surface area contributed by atoms with Gasteiger partial charge in [0, 0.05) is 13.2 Å². The monoisotopic (exact) mass is 554 g/mol. The average Bonchev–Trinajstić information content (AvgIpc) is 2.92. The van der Waals surface area contributed by atoms with Crippen molar-refractivity contribution in [3.8, 4) is 0 Å². The molecular weight excluding hydrogens is 482 g/mol. The van der Waals surface area contributed by atoms with Crippen molar-refractivity contribution in [1.29, 1.82) is 0 Å². The summed E-state index contributed by atoms with van der Waals surface area (Å²) in [6.07, 6.45) is 37.4. The molecule has 0 saturated carbocycles. The molecule has 0 aliphatic carbocycles. The summed E-state index contributed by atoms with van der Waals surface area (Å²) < 4.78 is 11.7. The van der Waals surface area contributed by atoms with Gasteiger partial charge in [0.25, 0.3) is 0 Å². The normalized spacial score (nSPS) is 11.6. The number of hydrogen-bond acceptors (Lipinski definition) is 3. The lowest BCUT2D eigenvalue weighted by Gasteiger charge is -2.17. The van der Waals surface area contributed by atoms with Crippen molar-refractivity contribution in [3.05, 3.63) is 0 Å². The molecule has 0 bridgehead atoms. The number of rotatable bonds is 34. The highest BCUT2D eigenvalue weighted by atomic mass is 16.7. The molecule has 4 nitrogen and oxygen atoms in total. The van der Waals surface area contributed by atoms with Crippen LogP contribution in [0.4, 0.5) is 0 Å². The number of nitrogens with two attached hydrogens (primary N) is 1. The number of primary amides is 1. The maximum absolute atomic E-state index is 11.4. The van der Waals surface area contributed by atoms with Crippen LogP contribution in [0.25, 0.3) is 0 Å². The third-order valence-electron chi connectivity index (χ3n) is 7.97. The summed E-state index contributed by atoms with van der Waals surface area (Å²) in [5.74, 6) is -0.345. The number of carbonyl (C=O) groups excluding carboxylic acids is 1. The van der Waals surface area contributed by atoms with Gasteiger partial charge in [0.15, 0.2) is 6.29 Å². The highest BCUT2D eigenvalue weighted by molar-refractivity contribution is 5.74. The van der Waals surface area contributed by atoms with Gasteiger partial charge in [-0.2, -0.15) is 0 Å². The van der Waals surface area contributed by atoms with Crippen LogP contribution in [0.15, 0.2) is 0 Å². The summed E-state index contributed by atoms with van der Waals surface area (Å²) in [5, 5.41) is 0. The van der Waals surface area contributed by atoms with E-state index in [4.69, 9.17) is 15.2 Å². The minimum absolute atomic E-state index is 0.164. The predicted molar refractivity (Wildman–Crippen MR) is 170 cm³/mol. The van der Waals surface area contributed by atoms with Gasteiger partial charge >= 0.3 is 0 Å². The first-order chi connectivity index (χ1) is 19.2. The molecular formula is C35H71NO3. The summed E-state index contributed by atoms with van der Waals surface area (Å²) in [7, 11) is 0. The van der Waals surface area contributed by atoms with Gasteiger partial charge in [0.1, 0.15) is 0 Å². The number of hydrogen-bond donors (Lipinski definition) is 1. The first kappa shape index (κ1) is 38.4. The van der Waals surface area contributed by atoms with Crippen LogP contribution in [-0.4, -0.2) is 25.4 Å². The summed E-state index contributed by atoms with van der Waals surface area (Å²) in [5.41, 5.74) is 5.41. The van der Waals surface area contributed by atoms with Crippen molar-refractivity contribution in [2.45, 2.75) is 206 Å². The van der Waals surface area contributed by atoms with E-state index in [0.717, 1.165) is 12.8 Å². The molecule has 0 heterocycles. The Bertz CT molecular complexity index is 437. The number of carbonyl (C=O) groups is 1. The van der Waals surface area contributed by atoms with E-state index in [1.807, 2.05) is 0 Å². The maximum Gasteiger partial charge on any atom is 0.222 e. The first-order valence-electron chi connectivity index (χ1n) is 17.7. The van der Waals surface area contributed by atoms with E-state index < -0.39 is 6.29 Å². The van der Waals surface area contributed by atoms with Crippen LogP contribution in [0, 0.1) is 0 Å². The fourth-order valence-electron chi connectivity index (χ4n) is 5.35. The van der Waals surface area contributed by atoms with E-state index in [1.54, 1.807) is 0 Å². The lowest BCUT2D eigenvalue weighted by Crippen LogP contribution is -2.26. The van der Waals surface area contributed by atoms with E-state index >= 15 is 0 Å². The largest absolute Gasteiger partial charge is 0.370 e. The molecule has 0 spiro atoms. The zero-order valence-electron chi connectivity index (χ0n) is 26.8. The topological polar surface area (TPSA) is 61.5 Å². The van der Waals surface area contributed by atoms with Crippen LogP contribution < -0.4 is 5.73 Å². The Kier molecular flexibility index (Phi) is 33.1. The van der Waals surface area contributed by atoms with Crippen LogP contribution in [0.5, 0.6) is 0 Å². The Morgan fingerprint density at radius 3 is 0.897 bits per heavy atom. The van der Waals surface area contributed by atoms with Crippen molar-refractivity contribution >= 4 is 5.91 Å². The molecule has 0 saturated heterocycles. The second-order valence-corrected chi connectivity index (χ2v) is 12.0. The summed E-state index contributed by atoms with van der Waals surface area (Å²) in [4.78, 5) is 11.4. The van der Waals surface area contributed by atoms with Crippen LogP contribution in [0.3, 0.4) is 0 Å². The molecule has 4 heteroatoms. The lowest BCUT2D eigenvalue weighted by atomic mass is 10.0. The van der Waals surface area contributed by atoms with Crippen molar-refractivity contribution < 1.29 is 14.3 Å².